The third-order valence-corrected chi connectivity index (χ3v) is 3.46. The Kier molecular flexibility index (Phi) is 8.36. The van der Waals surface area contributed by atoms with E-state index in [1.165, 1.54) is 4.90 Å². The van der Waals surface area contributed by atoms with Gasteiger partial charge >= 0.3 is 0 Å². The van der Waals surface area contributed by atoms with Crippen molar-refractivity contribution in [2.24, 2.45) is 0 Å². The molecule has 0 unspecified atom stereocenters. The van der Waals surface area contributed by atoms with E-state index >= 15 is 0 Å². The van der Waals surface area contributed by atoms with Crippen molar-refractivity contribution in [3.05, 3.63) is 29.3 Å². The van der Waals surface area contributed by atoms with Gasteiger partial charge in [0, 0.05) is 13.0 Å². The van der Waals surface area contributed by atoms with Crippen LogP contribution in [0.5, 0.6) is 5.75 Å². The number of para-hydroxylation sites is 1. The first kappa shape index (κ1) is 19.2. The number of ether oxygens (including phenoxy) is 1. The van der Waals surface area contributed by atoms with Gasteiger partial charge in [0.2, 0.25) is 0 Å². The van der Waals surface area contributed by atoms with Gasteiger partial charge in [0.25, 0.3) is 5.91 Å². The van der Waals surface area contributed by atoms with E-state index in [1.807, 2.05) is 32.0 Å². The zero-order valence-electron chi connectivity index (χ0n) is 14.3. The van der Waals surface area contributed by atoms with Crippen LogP contribution >= 0.6 is 12.2 Å². The van der Waals surface area contributed by atoms with Crippen molar-refractivity contribution in [3.8, 4) is 5.75 Å². The molecule has 128 valence electrons. The van der Waals surface area contributed by atoms with Gasteiger partial charge in [-0.25, -0.2) is 0 Å². The quantitative estimate of drug-likeness (QED) is 0.312. The van der Waals surface area contributed by atoms with Crippen LogP contribution in [-0.4, -0.2) is 44.8 Å². The molecule has 23 heavy (non-hydrogen) atoms. The van der Waals surface area contributed by atoms with E-state index in [2.05, 4.69) is 30.3 Å². The summed E-state index contributed by atoms with van der Waals surface area (Å²) in [6, 6.07) is 5.86. The number of aryl methyl sites for hydroxylation is 2. The molecule has 0 fully saturated rings. The fraction of sp³-hybridized carbons (Fsp3) is 0.500. The summed E-state index contributed by atoms with van der Waals surface area (Å²) in [7, 11) is 4.21. The second-order valence-corrected chi connectivity index (χ2v) is 6.16. The summed E-state index contributed by atoms with van der Waals surface area (Å²) >= 11 is 5.09. The van der Waals surface area contributed by atoms with Crippen LogP contribution in [0.4, 0.5) is 0 Å². The minimum atomic E-state index is -0.283. The zero-order chi connectivity index (χ0) is 17.2. The van der Waals surface area contributed by atoms with Crippen LogP contribution < -0.4 is 25.8 Å². The van der Waals surface area contributed by atoms with Crippen LogP contribution in [0.1, 0.15) is 17.5 Å². The number of carbonyl (C=O) groups is 1. The Morgan fingerprint density at radius 2 is 1.87 bits per heavy atom. The van der Waals surface area contributed by atoms with Crippen molar-refractivity contribution < 1.29 is 14.4 Å². The summed E-state index contributed by atoms with van der Waals surface area (Å²) in [6.45, 7) is 5.67. The van der Waals surface area contributed by atoms with E-state index < -0.39 is 0 Å². The average Bonchev–Trinajstić information content (AvgIpc) is 2.49. The predicted molar refractivity (Wildman–Crippen MR) is 95.6 cm³/mol. The summed E-state index contributed by atoms with van der Waals surface area (Å²) in [5.74, 6) is 0.462. The van der Waals surface area contributed by atoms with Crippen LogP contribution in [0.15, 0.2) is 18.2 Å². The number of carbonyl (C=O) groups excluding carboxylic acids is 1. The second kappa shape index (κ2) is 10.0. The van der Waals surface area contributed by atoms with Crippen molar-refractivity contribution in [3.63, 3.8) is 0 Å². The minimum absolute atomic E-state index is 0.0642. The van der Waals surface area contributed by atoms with Gasteiger partial charge in [0.15, 0.2) is 11.7 Å². The molecule has 0 aliphatic rings. The van der Waals surface area contributed by atoms with Gasteiger partial charge in [0.1, 0.15) is 5.75 Å². The molecule has 4 N–H and O–H groups in total. The number of amides is 1. The fourth-order valence-electron chi connectivity index (χ4n) is 2.02. The Balaban J connectivity index is 2.23. The van der Waals surface area contributed by atoms with E-state index in [-0.39, 0.29) is 12.5 Å². The lowest BCUT2D eigenvalue weighted by Gasteiger charge is -2.14. The summed E-state index contributed by atoms with van der Waals surface area (Å²) < 4.78 is 5.57. The Hall–Kier alpha value is -1.86. The van der Waals surface area contributed by atoms with Crippen molar-refractivity contribution in [1.82, 2.24) is 16.2 Å². The van der Waals surface area contributed by atoms with Crippen molar-refractivity contribution in [2.75, 3.05) is 33.8 Å². The number of benzene rings is 1. The Morgan fingerprint density at radius 3 is 2.48 bits per heavy atom. The highest BCUT2D eigenvalue weighted by Gasteiger charge is 2.07. The third-order valence-electron chi connectivity index (χ3n) is 3.21. The molecule has 0 aromatic heterocycles. The number of nitrogens with one attached hydrogen (secondary N) is 4. The smallest absolute Gasteiger partial charge is 0.276 e. The standard InChI is InChI=1S/C16H26N4O2S/c1-12-7-5-8-13(2)15(12)22-11-14(21)18-19-16(23)17-9-6-10-20(3)4/h5,7-8H,6,9-11H2,1-4H3,(H,18,21)(H2,17,19,23)/p+1. The van der Waals surface area contributed by atoms with E-state index in [0.717, 1.165) is 36.4 Å². The van der Waals surface area contributed by atoms with Crippen LogP contribution in [0.2, 0.25) is 0 Å². The van der Waals surface area contributed by atoms with Gasteiger partial charge < -0.3 is 15.0 Å². The zero-order valence-corrected chi connectivity index (χ0v) is 15.1. The summed E-state index contributed by atoms with van der Waals surface area (Å²) in [6.07, 6.45) is 1.01. The molecule has 1 amide bonds. The monoisotopic (exact) mass is 339 g/mol. The topological polar surface area (TPSA) is 66.8 Å². The van der Waals surface area contributed by atoms with Crippen molar-refractivity contribution in [1.29, 1.82) is 0 Å². The van der Waals surface area contributed by atoms with E-state index in [9.17, 15) is 4.79 Å². The van der Waals surface area contributed by atoms with Crippen molar-refractivity contribution >= 4 is 23.2 Å². The first-order chi connectivity index (χ1) is 10.9. The molecular formula is C16H27N4O2S+. The molecule has 1 aromatic carbocycles. The SMILES string of the molecule is Cc1cccc(C)c1OCC(=O)NNC(=S)NCCC[NH+](C)C. The first-order valence-corrected chi connectivity index (χ1v) is 8.11. The largest absolute Gasteiger partial charge is 0.483 e. The highest BCUT2D eigenvalue weighted by molar-refractivity contribution is 7.80. The average molecular weight is 339 g/mol. The van der Waals surface area contributed by atoms with E-state index in [4.69, 9.17) is 17.0 Å². The van der Waals surface area contributed by atoms with Crippen LogP contribution in [0.3, 0.4) is 0 Å². The van der Waals surface area contributed by atoms with E-state index in [1.54, 1.807) is 0 Å². The number of hydrogen-bond acceptors (Lipinski definition) is 3. The van der Waals surface area contributed by atoms with Crippen LogP contribution in [0.25, 0.3) is 0 Å². The molecule has 0 radical (unpaired) electrons. The molecule has 0 spiro atoms. The number of quaternary nitrogens is 1. The van der Waals surface area contributed by atoms with Crippen LogP contribution in [0, 0.1) is 13.8 Å². The molecule has 7 heteroatoms. The van der Waals surface area contributed by atoms with Gasteiger partial charge in [-0.3, -0.25) is 15.6 Å². The van der Waals surface area contributed by atoms with Gasteiger partial charge in [-0.2, -0.15) is 0 Å². The third kappa shape index (κ3) is 7.80. The number of hydrogen-bond donors (Lipinski definition) is 4. The molecule has 0 aliphatic heterocycles. The van der Waals surface area contributed by atoms with Crippen LogP contribution in [-0.2, 0) is 4.79 Å². The van der Waals surface area contributed by atoms with Gasteiger partial charge in [0.05, 0.1) is 20.6 Å². The maximum Gasteiger partial charge on any atom is 0.276 e. The fourth-order valence-corrected chi connectivity index (χ4v) is 2.17. The molecule has 1 aromatic rings. The lowest BCUT2D eigenvalue weighted by molar-refractivity contribution is -0.858. The Morgan fingerprint density at radius 1 is 1.22 bits per heavy atom. The van der Waals surface area contributed by atoms with Gasteiger partial charge in [-0.1, -0.05) is 18.2 Å². The highest BCUT2D eigenvalue weighted by Crippen LogP contribution is 2.21. The molecule has 0 aliphatic carbocycles. The minimum Gasteiger partial charge on any atom is -0.483 e. The highest BCUT2D eigenvalue weighted by atomic mass is 32.1. The lowest BCUT2D eigenvalue weighted by atomic mass is 10.1. The normalized spacial score (nSPS) is 10.3. The second-order valence-electron chi connectivity index (χ2n) is 5.75. The maximum absolute atomic E-state index is 11.8. The van der Waals surface area contributed by atoms with Crippen molar-refractivity contribution in [2.45, 2.75) is 20.3 Å². The summed E-state index contributed by atoms with van der Waals surface area (Å²) in [5.41, 5.74) is 7.20. The Labute approximate surface area is 143 Å². The molecular weight excluding hydrogens is 312 g/mol. The van der Waals surface area contributed by atoms with Gasteiger partial charge in [-0.05, 0) is 37.2 Å². The van der Waals surface area contributed by atoms with Gasteiger partial charge in [-0.15, -0.1) is 0 Å². The predicted octanol–water partition coefficient (Wildman–Crippen LogP) is -0.288. The first-order valence-electron chi connectivity index (χ1n) is 7.71. The molecule has 0 saturated heterocycles. The number of rotatable bonds is 7. The molecule has 0 bridgehead atoms. The Bertz CT molecular complexity index is 515. The molecule has 6 nitrogen and oxygen atoms in total. The van der Waals surface area contributed by atoms with E-state index in [0.29, 0.717) is 5.11 Å². The molecule has 0 saturated carbocycles. The molecule has 1 rings (SSSR count). The molecule has 0 atom stereocenters. The summed E-state index contributed by atoms with van der Waals surface area (Å²) in [5, 5.41) is 3.44. The molecule has 0 heterocycles. The maximum atomic E-state index is 11.8. The number of hydrazine groups is 1. The number of thiocarbonyl (C=S) groups is 1. The lowest BCUT2D eigenvalue weighted by Crippen LogP contribution is -3.05. The summed E-state index contributed by atoms with van der Waals surface area (Å²) in [4.78, 5) is 13.2.